The van der Waals surface area contributed by atoms with Gasteiger partial charge in [0.25, 0.3) is 0 Å². The molecule has 0 atom stereocenters. The summed E-state index contributed by atoms with van der Waals surface area (Å²) in [5.41, 5.74) is 20.0. The normalized spacial score (nSPS) is 11.8. The molecule has 10 aromatic carbocycles. The Hall–Kier alpha value is -9.43. The number of hydrogen-bond donors (Lipinski definition) is 0. The van der Waals surface area contributed by atoms with Crippen molar-refractivity contribution in [1.29, 1.82) is 0 Å². The third-order valence-electron chi connectivity index (χ3n) is 15.2. The number of nitrogens with zero attached hydrogens (tertiary/aromatic N) is 4. The molecule has 78 heavy (non-hydrogen) atoms. The first-order valence-corrected chi connectivity index (χ1v) is 26.1. The first-order chi connectivity index (χ1) is 37.4. The van der Waals surface area contributed by atoms with Gasteiger partial charge in [-0.15, -0.1) is 0 Å². The van der Waals surface area contributed by atoms with Gasteiger partial charge in [-0.1, -0.05) is 166 Å². The van der Waals surface area contributed by atoms with E-state index < -0.39 is 11.7 Å². The Bertz CT molecular complexity index is 4310. The number of aryl methyl sites for hydroxylation is 8. The van der Waals surface area contributed by atoms with Crippen molar-refractivity contribution in [3.05, 3.63) is 249 Å². The lowest BCUT2D eigenvalue weighted by atomic mass is 9.94. The fraction of sp³-hybridized carbons (Fsp3) is 0.127. The van der Waals surface area contributed by atoms with Gasteiger partial charge in [0.05, 0.1) is 52.1 Å². The van der Waals surface area contributed by atoms with Gasteiger partial charge < -0.3 is 9.13 Å². The minimum atomic E-state index is -4.83. The smallest absolute Gasteiger partial charge is 0.319 e. The molecule has 0 N–H and O–H groups in total. The first kappa shape index (κ1) is 49.4. The molecule has 0 unspecified atom stereocenters. The van der Waals surface area contributed by atoms with E-state index in [0.29, 0.717) is 16.7 Å². The molecular weight excluding hydrogens is 966 g/mol. The summed E-state index contributed by atoms with van der Waals surface area (Å²) >= 11 is 0. The molecule has 0 aliphatic heterocycles. The lowest BCUT2D eigenvalue weighted by Crippen LogP contribution is -2.09. The summed E-state index contributed by atoms with van der Waals surface area (Å²) in [4.78, 5) is 8.17. The van der Waals surface area contributed by atoms with Crippen molar-refractivity contribution in [3.8, 4) is 67.0 Å². The SMILES string of the molecule is [C-]#[N+]c1cccc(C(F)(F)F)c1-c1ccc(-n2c3ccc(-c4cc(C)cc(C)c4)cc3c3cc(-c4cc(C)cc(C)c4)ccc32)c([N+]#[C-])c1-n1c2ccc(-c3cc(C)cc(C)c3)cc2c2cc(-c3cc(C)cc(C)c3)ccc21. The molecule has 12 rings (SSSR count). The van der Waals surface area contributed by atoms with Crippen LogP contribution in [0.25, 0.3) is 120 Å². The van der Waals surface area contributed by atoms with E-state index >= 15 is 13.2 Å². The molecule has 0 fully saturated rings. The van der Waals surface area contributed by atoms with Crippen molar-refractivity contribution in [3.63, 3.8) is 0 Å². The molecule has 4 nitrogen and oxygen atoms in total. The maximum atomic E-state index is 15.6. The van der Waals surface area contributed by atoms with Crippen LogP contribution in [0, 0.1) is 68.5 Å². The summed E-state index contributed by atoms with van der Waals surface area (Å²) in [7, 11) is 0. The minimum absolute atomic E-state index is 0.120. The molecule has 0 aliphatic rings. The van der Waals surface area contributed by atoms with Crippen LogP contribution in [0.15, 0.2) is 176 Å². The van der Waals surface area contributed by atoms with Crippen LogP contribution in [0.3, 0.4) is 0 Å². The average molecular weight is 1020 g/mol. The molecule has 0 amide bonds. The standard InChI is InChI=1S/C71H53F3N4/c1-40-24-41(2)29-52(28-40)48-14-19-63-57(36-48)58-37-49(53-30-42(3)25-43(4)31-53)15-20-64(58)77(63)67-23-18-56(68-61(71(72,73)74)12-11-13-62(68)75-9)70(69(67)76-10)78-65-21-16-50(54-32-44(5)26-45(6)33-54)38-59(65)60-39-51(17-22-66(60)78)55-34-46(7)27-47(8)35-55/h11-39H,1-8H3. The highest BCUT2D eigenvalue weighted by atomic mass is 19.4. The number of hydrogen-bond acceptors (Lipinski definition) is 0. The molecule has 378 valence electrons. The Morgan fingerprint density at radius 2 is 0.705 bits per heavy atom. The summed E-state index contributed by atoms with van der Waals surface area (Å²) in [6.45, 7) is 34.4. The predicted molar refractivity (Wildman–Crippen MR) is 318 cm³/mol. The number of halogens is 3. The van der Waals surface area contributed by atoms with Crippen molar-refractivity contribution in [2.45, 2.75) is 61.6 Å². The fourth-order valence-electron chi connectivity index (χ4n) is 12.3. The third kappa shape index (κ3) is 8.49. The molecule has 0 aliphatic carbocycles. The Labute approximate surface area is 452 Å². The number of benzene rings is 10. The van der Waals surface area contributed by atoms with Gasteiger partial charge in [-0.3, -0.25) is 0 Å². The van der Waals surface area contributed by atoms with Gasteiger partial charge in [-0.25, -0.2) is 9.69 Å². The van der Waals surface area contributed by atoms with Gasteiger partial charge in [-0.05, 0) is 160 Å². The van der Waals surface area contributed by atoms with Gasteiger partial charge in [0, 0.05) is 27.1 Å². The third-order valence-corrected chi connectivity index (χ3v) is 15.2. The molecule has 12 aromatic rings. The van der Waals surface area contributed by atoms with E-state index in [1.54, 1.807) is 12.1 Å². The zero-order valence-corrected chi connectivity index (χ0v) is 44.7. The van der Waals surface area contributed by atoms with Crippen LogP contribution in [0.5, 0.6) is 0 Å². The van der Waals surface area contributed by atoms with Crippen LogP contribution in [-0.4, -0.2) is 9.13 Å². The lowest BCUT2D eigenvalue weighted by Gasteiger charge is -2.23. The van der Waals surface area contributed by atoms with E-state index in [9.17, 15) is 6.57 Å². The van der Waals surface area contributed by atoms with E-state index in [0.717, 1.165) is 128 Å². The molecule has 7 heteroatoms. The molecule has 2 aromatic heterocycles. The fourth-order valence-corrected chi connectivity index (χ4v) is 12.3. The molecule has 0 spiro atoms. The highest BCUT2D eigenvalue weighted by molar-refractivity contribution is 6.15. The van der Waals surface area contributed by atoms with Crippen molar-refractivity contribution in [2.24, 2.45) is 0 Å². The second-order valence-electron chi connectivity index (χ2n) is 21.4. The van der Waals surface area contributed by atoms with E-state index in [1.165, 1.54) is 12.1 Å². The maximum absolute atomic E-state index is 15.6. The minimum Gasteiger partial charge on any atom is -0.319 e. The van der Waals surface area contributed by atoms with E-state index in [2.05, 4.69) is 203 Å². The second-order valence-corrected chi connectivity index (χ2v) is 21.4. The largest absolute Gasteiger partial charge is 0.415 e. The van der Waals surface area contributed by atoms with Crippen molar-refractivity contribution in [2.75, 3.05) is 0 Å². The molecule has 0 radical (unpaired) electrons. The van der Waals surface area contributed by atoms with Crippen LogP contribution in [0.2, 0.25) is 0 Å². The van der Waals surface area contributed by atoms with E-state index in [4.69, 9.17) is 6.57 Å². The summed E-state index contributed by atoms with van der Waals surface area (Å²) in [6.07, 6.45) is -4.83. The van der Waals surface area contributed by atoms with Crippen LogP contribution in [0.4, 0.5) is 24.5 Å². The topological polar surface area (TPSA) is 18.6 Å². The number of fused-ring (bicyclic) bond motifs is 6. The molecular formula is C71H53F3N4. The van der Waals surface area contributed by atoms with Crippen LogP contribution < -0.4 is 0 Å². The van der Waals surface area contributed by atoms with Gasteiger partial charge in [0.1, 0.15) is 0 Å². The zero-order chi connectivity index (χ0) is 54.5. The van der Waals surface area contributed by atoms with Crippen molar-refractivity contribution >= 4 is 55.0 Å². The Balaban J connectivity index is 1.22. The average Bonchev–Trinajstić information content (AvgIpc) is 4.00. The Morgan fingerprint density at radius 1 is 0.359 bits per heavy atom. The van der Waals surface area contributed by atoms with Gasteiger partial charge in [0.2, 0.25) is 5.69 Å². The summed E-state index contributed by atoms with van der Waals surface area (Å²) < 4.78 is 50.9. The predicted octanol–water partition coefficient (Wildman–Crippen LogP) is 20.8. The second kappa shape index (κ2) is 18.7. The molecule has 0 saturated heterocycles. The maximum Gasteiger partial charge on any atom is 0.415 e. The van der Waals surface area contributed by atoms with Crippen molar-refractivity contribution in [1.82, 2.24) is 9.13 Å². The number of rotatable bonds is 7. The van der Waals surface area contributed by atoms with Crippen molar-refractivity contribution < 1.29 is 13.2 Å². The molecule has 0 saturated carbocycles. The van der Waals surface area contributed by atoms with E-state index in [-0.39, 0.29) is 28.2 Å². The zero-order valence-electron chi connectivity index (χ0n) is 44.7. The summed E-state index contributed by atoms with van der Waals surface area (Å²) in [5.74, 6) is 0. The lowest BCUT2D eigenvalue weighted by molar-refractivity contribution is -0.137. The molecule has 0 bridgehead atoms. The van der Waals surface area contributed by atoms with Gasteiger partial charge >= 0.3 is 6.18 Å². The number of aromatic nitrogens is 2. The monoisotopic (exact) mass is 1020 g/mol. The quantitative estimate of drug-likeness (QED) is 0.142. The highest BCUT2D eigenvalue weighted by Gasteiger charge is 2.36. The summed E-state index contributed by atoms with van der Waals surface area (Å²) in [6, 6.07) is 58.6. The van der Waals surface area contributed by atoms with Crippen LogP contribution in [0.1, 0.15) is 50.1 Å². The highest BCUT2D eigenvalue weighted by Crippen LogP contribution is 2.51. The van der Waals surface area contributed by atoms with E-state index in [1.807, 2.05) is 16.7 Å². The van der Waals surface area contributed by atoms with Gasteiger partial charge in [0.15, 0.2) is 5.69 Å². The van der Waals surface area contributed by atoms with Gasteiger partial charge in [-0.2, -0.15) is 13.2 Å². The number of alkyl halides is 3. The Morgan fingerprint density at radius 3 is 1.03 bits per heavy atom. The van der Waals surface area contributed by atoms with Crippen LogP contribution in [-0.2, 0) is 6.18 Å². The molecule has 2 heterocycles. The summed E-state index contributed by atoms with van der Waals surface area (Å²) in [5, 5.41) is 3.65. The first-order valence-electron chi connectivity index (χ1n) is 26.1. The van der Waals surface area contributed by atoms with Crippen LogP contribution >= 0.6 is 0 Å². The Kier molecular flexibility index (Phi) is 11.8.